The first-order valence-electron chi connectivity index (χ1n) is 5.60. The lowest BCUT2D eigenvalue weighted by Crippen LogP contribution is -2.24. The highest BCUT2D eigenvalue weighted by Gasteiger charge is 2.17. The summed E-state index contributed by atoms with van der Waals surface area (Å²) in [6.07, 6.45) is 4.00. The van der Waals surface area contributed by atoms with Crippen LogP contribution in [0.5, 0.6) is 0 Å². The van der Waals surface area contributed by atoms with Crippen LogP contribution >= 0.6 is 23.2 Å². The van der Waals surface area contributed by atoms with Crippen molar-refractivity contribution in [1.82, 2.24) is 4.90 Å². The van der Waals surface area contributed by atoms with Crippen LogP contribution in [-0.4, -0.2) is 23.8 Å². The van der Waals surface area contributed by atoms with Gasteiger partial charge in [0, 0.05) is 19.5 Å². The van der Waals surface area contributed by atoms with Gasteiger partial charge in [0.1, 0.15) is 5.84 Å². The van der Waals surface area contributed by atoms with E-state index in [0.29, 0.717) is 10.0 Å². The van der Waals surface area contributed by atoms with E-state index >= 15 is 0 Å². The quantitative estimate of drug-likeness (QED) is 0.747. The minimum Gasteiger partial charge on any atom is -0.356 e. The van der Waals surface area contributed by atoms with Gasteiger partial charge in [-0.2, -0.15) is 0 Å². The van der Waals surface area contributed by atoms with E-state index in [1.165, 1.54) is 0 Å². The zero-order valence-electron chi connectivity index (χ0n) is 9.50. The summed E-state index contributed by atoms with van der Waals surface area (Å²) >= 11 is 12.1. The van der Waals surface area contributed by atoms with E-state index in [2.05, 4.69) is 16.5 Å². The number of amidine groups is 1. The molecule has 1 aromatic rings. The summed E-state index contributed by atoms with van der Waals surface area (Å²) in [5.74, 6) is 1.06. The van der Waals surface area contributed by atoms with Crippen molar-refractivity contribution in [2.45, 2.75) is 12.8 Å². The summed E-state index contributed by atoms with van der Waals surface area (Å²) in [7, 11) is 0. The largest absolute Gasteiger partial charge is 0.356 e. The fourth-order valence-corrected chi connectivity index (χ4v) is 2.25. The lowest BCUT2D eigenvalue weighted by Gasteiger charge is -2.16. The van der Waals surface area contributed by atoms with Crippen molar-refractivity contribution in [2.75, 3.05) is 13.1 Å². The van der Waals surface area contributed by atoms with Crippen LogP contribution in [0.15, 0.2) is 35.8 Å². The molecular formula is C13H14Cl2N2. The van der Waals surface area contributed by atoms with Gasteiger partial charge in [-0.05, 0) is 18.6 Å². The van der Waals surface area contributed by atoms with Gasteiger partial charge in [0.05, 0.1) is 15.7 Å². The molecule has 1 aliphatic rings. The Morgan fingerprint density at radius 2 is 2.24 bits per heavy atom. The first-order chi connectivity index (χ1) is 8.22. The van der Waals surface area contributed by atoms with Crippen molar-refractivity contribution in [2.24, 2.45) is 4.99 Å². The van der Waals surface area contributed by atoms with Gasteiger partial charge >= 0.3 is 0 Å². The van der Waals surface area contributed by atoms with Crippen LogP contribution < -0.4 is 0 Å². The second-order valence-corrected chi connectivity index (χ2v) is 4.72. The summed E-state index contributed by atoms with van der Waals surface area (Å²) in [5.41, 5.74) is 0.741. The van der Waals surface area contributed by atoms with Crippen molar-refractivity contribution < 1.29 is 0 Å². The molecule has 0 radical (unpaired) electrons. The number of hydrogen-bond acceptors (Lipinski definition) is 1. The molecule has 1 aromatic carbocycles. The number of likely N-dealkylation sites (tertiary alicyclic amines) is 1. The summed E-state index contributed by atoms with van der Waals surface area (Å²) < 4.78 is 0. The number of rotatable bonds is 3. The highest BCUT2D eigenvalue weighted by atomic mass is 35.5. The molecule has 0 aliphatic carbocycles. The van der Waals surface area contributed by atoms with Crippen LogP contribution in [0.1, 0.15) is 12.8 Å². The van der Waals surface area contributed by atoms with Gasteiger partial charge in [-0.15, -0.1) is 6.58 Å². The number of aliphatic imine (C=N–C) groups is 1. The Bertz CT molecular complexity index is 455. The van der Waals surface area contributed by atoms with Crippen LogP contribution in [0.2, 0.25) is 10.0 Å². The average Bonchev–Trinajstić information content (AvgIpc) is 2.73. The van der Waals surface area contributed by atoms with Crippen LogP contribution in [0.25, 0.3) is 0 Å². The molecule has 1 aliphatic heterocycles. The van der Waals surface area contributed by atoms with Crippen molar-refractivity contribution >= 4 is 34.7 Å². The van der Waals surface area contributed by atoms with E-state index in [9.17, 15) is 0 Å². The van der Waals surface area contributed by atoms with Gasteiger partial charge in [0.15, 0.2) is 0 Å². The Kier molecular flexibility index (Phi) is 4.08. The Labute approximate surface area is 112 Å². The predicted octanol–water partition coefficient (Wildman–Crippen LogP) is 4.31. The first kappa shape index (κ1) is 12.5. The molecule has 4 heteroatoms. The molecule has 0 saturated carbocycles. The number of benzene rings is 1. The molecular weight excluding hydrogens is 255 g/mol. The molecule has 2 nitrogen and oxygen atoms in total. The molecule has 0 unspecified atom stereocenters. The summed E-state index contributed by atoms with van der Waals surface area (Å²) in [6, 6.07) is 5.51. The van der Waals surface area contributed by atoms with Gasteiger partial charge in [-0.25, -0.2) is 4.99 Å². The molecule has 90 valence electrons. The Morgan fingerprint density at radius 3 is 3.00 bits per heavy atom. The van der Waals surface area contributed by atoms with Gasteiger partial charge in [0.25, 0.3) is 0 Å². The van der Waals surface area contributed by atoms with Crippen molar-refractivity contribution in [3.63, 3.8) is 0 Å². The molecule has 1 saturated heterocycles. The number of halogens is 2. The summed E-state index contributed by atoms with van der Waals surface area (Å²) in [6.45, 7) is 5.61. The fourth-order valence-electron chi connectivity index (χ4n) is 1.91. The van der Waals surface area contributed by atoms with Gasteiger partial charge in [0.2, 0.25) is 0 Å². The van der Waals surface area contributed by atoms with Crippen LogP contribution in [0.3, 0.4) is 0 Å². The smallest absolute Gasteiger partial charge is 0.105 e. The Hall–Kier alpha value is -0.990. The average molecular weight is 269 g/mol. The first-order valence-corrected chi connectivity index (χ1v) is 6.35. The van der Waals surface area contributed by atoms with Crippen LogP contribution in [0, 0.1) is 0 Å². The summed E-state index contributed by atoms with van der Waals surface area (Å²) in [5, 5.41) is 1.06. The van der Waals surface area contributed by atoms with E-state index in [1.807, 2.05) is 18.2 Å². The molecule has 2 rings (SSSR count). The normalized spacial score (nSPS) is 17.8. The van der Waals surface area contributed by atoms with Gasteiger partial charge in [-0.1, -0.05) is 35.3 Å². The number of nitrogens with zero attached hydrogens (tertiary/aromatic N) is 2. The minimum absolute atomic E-state index is 0.520. The molecule has 0 spiro atoms. The molecule has 0 N–H and O–H groups in total. The maximum absolute atomic E-state index is 6.12. The maximum atomic E-state index is 6.12. The summed E-state index contributed by atoms with van der Waals surface area (Å²) in [4.78, 5) is 6.81. The van der Waals surface area contributed by atoms with Gasteiger partial charge in [-0.3, -0.25) is 0 Å². The lowest BCUT2D eigenvalue weighted by molar-refractivity contribution is 0.502. The standard InChI is InChI=1S/C13H14Cl2N2/c1-2-8-17-9-4-7-12(17)16-11-6-3-5-10(14)13(11)15/h2-3,5-6H,1,4,7-9H2/b16-12-. The maximum Gasteiger partial charge on any atom is 0.105 e. The highest BCUT2D eigenvalue weighted by molar-refractivity contribution is 6.43. The van der Waals surface area contributed by atoms with E-state index in [4.69, 9.17) is 23.2 Å². The van der Waals surface area contributed by atoms with E-state index in [0.717, 1.165) is 37.5 Å². The molecule has 1 heterocycles. The predicted molar refractivity (Wildman–Crippen MR) is 74.6 cm³/mol. The van der Waals surface area contributed by atoms with Gasteiger partial charge < -0.3 is 4.90 Å². The highest BCUT2D eigenvalue weighted by Crippen LogP contribution is 2.32. The lowest BCUT2D eigenvalue weighted by atomic mass is 10.3. The Balaban J connectivity index is 2.28. The molecule has 0 atom stereocenters. The van der Waals surface area contributed by atoms with Crippen molar-refractivity contribution in [3.05, 3.63) is 40.9 Å². The van der Waals surface area contributed by atoms with E-state index < -0.39 is 0 Å². The fraction of sp³-hybridized carbons (Fsp3) is 0.308. The monoisotopic (exact) mass is 268 g/mol. The van der Waals surface area contributed by atoms with Crippen molar-refractivity contribution in [3.8, 4) is 0 Å². The third-order valence-corrected chi connectivity index (χ3v) is 3.53. The van der Waals surface area contributed by atoms with E-state index in [1.54, 1.807) is 6.07 Å². The Morgan fingerprint density at radius 1 is 1.41 bits per heavy atom. The third-order valence-electron chi connectivity index (χ3n) is 2.72. The molecule has 1 fully saturated rings. The second kappa shape index (κ2) is 5.56. The van der Waals surface area contributed by atoms with E-state index in [-0.39, 0.29) is 0 Å². The molecule has 0 amide bonds. The van der Waals surface area contributed by atoms with Crippen LogP contribution in [0.4, 0.5) is 5.69 Å². The minimum atomic E-state index is 0.520. The third kappa shape index (κ3) is 2.82. The molecule has 17 heavy (non-hydrogen) atoms. The zero-order valence-corrected chi connectivity index (χ0v) is 11.0. The number of hydrogen-bond donors (Lipinski definition) is 0. The SMILES string of the molecule is C=CCN1CCC/C1=N/c1cccc(Cl)c1Cl. The second-order valence-electron chi connectivity index (χ2n) is 3.94. The molecule has 0 aromatic heterocycles. The van der Waals surface area contributed by atoms with Crippen molar-refractivity contribution in [1.29, 1.82) is 0 Å². The zero-order chi connectivity index (χ0) is 12.3. The van der Waals surface area contributed by atoms with Crippen LogP contribution in [-0.2, 0) is 0 Å². The topological polar surface area (TPSA) is 15.6 Å². The molecule has 0 bridgehead atoms.